The lowest BCUT2D eigenvalue weighted by atomic mass is 10.1. The second kappa shape index (κ2) is 13.9. The molecule has 6 bridgehead atoms. The molecule has 59 heavy (non-hydrogen) atoms. The molecule has 4 aromatic heterocycles. The van der Waals surface area contributed by atoms with Crippen molar-refractivity contribution in [1.29, 1.82) is 0 Å². The number of hydrogen-bond donors (Lipinski definition) is 1. The number of halogens is 3. The highest BCUT2D eigenvalue weighted by atomic mass is 19.1. The number of carbonyl (C=O) groups excluding carboxylic acids is 2. The van der Waals surface area contributed by atoms with Gasteiger partial charge in [0.15, 0.2) is 11.5 Å². The van der Waals surface area contributed by atoms with E-state index in [-0.39, 0.29) is 54.3 Å². The van der Waals surface area contributed by atoms with Gasteiger partial charge in [-0.1, -0.05) is 6.07 Å². The van der Waals surface area contributed by atoms with Crippen LogP contribution in [0.3, 0.4) is 0 Å². The van der Waals surface area contributed by atoms with E-state index in [1.807, 2.05) is 39.5 Å². The summed E-state index contributed by atoms with van der Waals surface area (Å²) in [6, 6.07) is 9.97. The van der Waals surface area contributed by atoms with Gasteiger partial charge in [0.25, 0.3) is 0 Å². The SMILES string of the molecule is CO[C@H]1CN(C)C(=O)[C@@H]2CC(CN2c2nc(N3C4CCC3C(=O)N(C)C4)nc3c2cnn3-c2ccc(F)cc2F)Nc2cccc(n2)-c2cc(F)cc3nc(C)n(c23)C1. The number of amides is 2. The Balaban J connectivity index is 1.12. The Morgan fingerprint density at radius 2 is 1.66 bits per heavy atom. The van der Waals surface area contributed by atoms with Crippen LogP contribution in [-0.4, -0.2) is 127 Å². The fourth-order valence-electron chi connectivity index (χ4n) is 9.43. The third-order valence-electron chi connectivity index (χ3n) is 12.2. The number of aromatic nitrogens is 7. The number of hydrogen-bond acceptors (Lipinski definition) is 11. The van der Waals surface area contributed by atoms with E-state index in [0.717, 1.165) is 18.6 Å². The van der Waals surface area contributed by atoms with Crippen LogP contribution in [0.15, 0.2) is 54.7 Å². The number of anilines is 3. The summed E-state index contributed by atoms with van der Waals surface area (Å²) in [5.41, 5.74) is 2.54. The molecule has 5 atom stereocenters. The number of fused-ring (bicyclic) bond motifs is 8. The van der Waals surface area contributed by atoms with Gasteiger partial charge in [0.1, 0.15) is 46.9 Å². The zero-order valence-electron chi connectivity index (χ0n) is 32.8. The van der Waals surface area contributed by atoms with E-state index in [9.17, 15) is 14.0 Å². The van der Waals surface area contributed by atoms with Crippen molar-refractivity contribution in [3.63, 3.8) is 0 Å². The van der Waals surface area contributed by atoms with Gasteiger partial charge in [-0.05, 0) is 56.5 Å². The van der Waals surface area contributed by atoms with Crippen molar-refractivity contribution in [3.05, 3.63) is 78.0 Å². The maximum absolute atomic E-state index is 15.4. The van der Waals surface area contributed by atoms with Crippen molar-refractivity contribution in [2.24, 2.45) is 0 Å². The van der Waals surface area contributed by atoms with Crippen LogP contribution in [0.2, 0.25) is 0 Å². The lowest BCUT2D eigenvalue weighted by Crippen LogP contribution is -2.56. The fourth-order valence-corrected chi connectivity index (χ4v) is 9.43. The van der Waals surface area contributed by atoms with Crippen molar-refractivity contribution in [1.82, 2.24) is 44.1 Å². The number of likely N-dealkylation sites (tertiary alicyclic amines) is 1. The normalized spacial score (nSPS) is 23.3. The van der Waals surface area contributed by atoms with E-state index >= 15 is 8.78 Å². The third-order valence-corrected chi connectivity index (χ3v) is 12.2. The average Bonchev–Trinajstić information content (AvgIpc) is 3.99. The Morgan fingerprint density at radius 3 is 2.47 bits per heavy atom. The highest BCUT2D eigenvalue weighted by Crippen LogP contribution is 2.39. The van der Waals surface area contributed by atoms with Crippen LogP contribution >= 0.6 is 0 Å². The van der Waals surface area contributed by atoms with Crippen molar-refractivity contribution < 1.29 is 27.5 Å². The molecule has 15 nitrogen and oxygen atoms in total. The summed E-state index contributed by atoms with van der Waals surface area (Å²) >= 11 is 0. The molecule has 3 saturated heterocycles. The second-order valence-corrected chi connectivity index (χ2v) is 15.9. The van der Waals surface area contributed by atoms with E-state index in [0.29, 0.717) is 71.1 Å². The Labute approximate surface area is 336 Å². The van der Waals surface area contributed by atoms with Crippen molar-refractivity contribution >= 4 is 51.5 Å². The topological polar surface area (TPSA) is 143 Å². The first-order valence-electron chi connectivity index (χ1n) is 19.6. The van der Waals surface area contributed by atoms with Crippen LogP contribution < -0.4 is 15.1 Å². The van der Waals surface area contributed by atoms with Gasteiger partial charge >= 0.3 is 0 Å². The number of pyridine rings is 1. The van der Waals surface area contributed by atoms with Gasteiger partial charge in [-0.15, -0.1) is 0 Å². The molecule has 304 valence electrons. The molecule has 4 aliphatic heterocycles. The minimum atomic E-state index is -0.834. The molecule has 3 fully saturated rings. The molecular weight excluding hydrogens is 766 g/mol. The summed E-state index contributed by atoms with van der Waals surface area (Å²) in [5.74, 6) is -0.423. The molecule has 0 radical (unpaired) electrons. The quantitative estimate of drug-likeness (QED) is 0.273. The summed E-state index contributed by atoms with van der Waals surface area (Å²) in [4.78, 5) is 55.3. The zero-order valence-corrected chi connectivity index (χ0v) is 32.8. The molecule has 3 unspecified atom stereocenters. The van der Waals surface area contributed by atoms with Crippen LogP contribution in [0.4, 0.5) is 30.8 Å². The Kier molecular flexibility index (Phi) is 8.73. The first kappa shape index (κ1) is 37.0. The predicted octanol–water partition coefficient (Wildman–Crippen LogP) is 4.31. The molecule has 2 aromatic carbocycles. The Morgan fingerprint density at radius 1 is 0.847 bits per heavy atom. The standard InChI is InChI=1S/C41H41F3N12O3/c1-21-46-31-14-23(43)12-27-30-6-5-7-35(48-30)47-24-15-34(40(58)52(3)19-26(59-4)20-53(21)36(27)31)54(17-24)37-28-16-45-56(32-10-8-22(42)13-29(32)44)38(28)50-41(49-37)55-25-9-11-33(55)39(57)51(2)18-25/h5-8,10,12-14,16,24-26,33-34H,9,11,15,17-20H2,1-4H3,(H,47,48)/t24?,25?,26-,33?,34-/m0/s1. The van der Waals surface area contributed by atoms with Gasteiger partial charge in [0, 0.05) is 64.6 Å². The Bertz CT molecular complexity index is 2690. The third kappa shape index (κ3) is 6.10. The van der Waals surface area contributed by atoms with Crippen LogP contribution in [0, 0.1) is 24.4 Å². The van der Waals surface area contributed by atoms with Crippen molar-refractivity contribution in [2.45, 2.75) is 63.0 Å². The van der Waals surface area contributed by atoms with E-state index in [1.54, 1.807) is 31.0 Å². The second-order valence-electron chi connectivity index (χ2n) is 15.9. The molecule has 2 amide bonds. The van der Waals surface area contributed by atoms with Crippen molar-refractivity contribution in [2.75, 3.05) is 56.0 Å². The van der Waals surface area contributed by atoms with Crippen LogP contribution in [0.5, 0.6) is 0 Å². The number of nitrogens with one attached hydrogen (secondary N) is 1. The molecule has 8 heterocycles. The van der Waals surface area contributed by atoms with Crippen molar-refractivity contribution in [3.8, 4) is 16.9 Å². The number of methoxy groups -OCH3 is 1. The maximum Gasteiger partial charge on any atom is 0.245 e. The van der Waals surface area contributed by atoms with Gasteiger partial charge in [0.05, 0.1) is 47.0 Å². The molecule has 4 aliphatic rings. The smallest absolute Gasteiger partial charge is 0.245 e. The van der Waals surface area contributed by atoms with E-state index in [2.05, 4.69) is 15.4 Å². The van der Waals surface area contributed by atoms with Gasteiger partial charge in [-0.2, -0.15) is 15.1 Å². The fraction of sp³-hybridized carbons (Fsp3) is 0.390. The lowest BCUT2D eigenvalue weighted by molar-refractivity contribution is -0.133. The number of imidazole rings is 1. The van der Waals surface area contributed by atoms with Gasteiger partial charge in [0.2, 0.25) is 17.8 Å². The number of carbonyl (C=O) groups is 2. The summed E-state index contributed by atoms with van der Waals surface area (Å²) in [6.07, 6.45) is 2.76. The van der Waals surface area contributed by atoms with Gasteiger partial charge in [-0.25, -0.2) is 27.8 Å². The summed E-state index contributed by atoms with van der Waals surface area (Å²) in [5, 5.41) is 8.52. The largest absolute Gasteiger partial charge is 0.378 e. The van der Waals surface area contributed by atoms with Gasteiger partial charge in [-0.3, -0.25) is 9.59 Å². The molecule has 0 spiro atoms. The first-order valence-corrected chi connectivity index (χ1v) is 19.6. The molecular formula is C41H41F3N12O3. The average molecular weight is 807 g/mol. The maximum atomic E-state index is 15.4. The number of piperazine rings is 1. The number of likely N-dealkylation sites (N-methyl/N-ethyl adjacent to an activating group) is 2. The summed E-state index contributed by atoms with van der Waals surface area (Å²) < 4.78 is 53.9. The molecule has 10 rings (SSSR count). The number of aryl methyl sites for hydroxylation is 1. The number of nitrogens with zero attached hydrogens (tertiary/aromatic N) is 11. The van der Waals surface area contributed by atoms with E-state index < -0.39 is 35.6 Å². The Hall–Kier alpha value is -6.30. The highest BCUT2D eigenvalue weighted by molar-refractivity contribution is 5.95. The monoisotopic (exact) mass is 806 g/mol. The zero-order chi connectivity index (χ0) is 40.9. The number of benzene rings is 2. The van der Waals surface area contributed by atoms with E-state index in [4.69, 9.17) is 19.7 Å². The van der Waals surface area contributed by atoms with Crippen LogP contribution in [0.1, 0.15) is 25.1 Å². The molecule has 0 saturated carbocycles. The number of ether oxygens (including phenoxy) is 1. The molecule has 18 heteroatoms. The summed E-state index contributed by atoms with van der Waals surface area (Å²) in [6.45, 7) is 3.17. The molecule has 0 aliphatic carbocycles. The van der Waals surface area contributed by atoms with Crippen LogP contribution in [-0.2, 0) is 20.9 Å². The molecule has 6 aromatic rings. The number of rotatable bonds is 4. The minimum absolute atomic E-state index is 0.0207. The molecule has 1 N–H and O–H groups in total. The lowest BCUT2D eigenvalue weighted by Gasteiger charge is -2.39. The predicted molar refractivity (Wildman–Crippen MR) is 213 cm³/mol. The minimum Gasteiger partial charge on any atom is -0.378 e. The van der Waals surface area contributed by atoms with Crippen LogP contribution in [0.25, 0.3) is 39.0 Å². The van der Waals surface area contributed by atoms with E-state index in [1.165, 1.54) is 29.1 Å². The first-order chi connectivity index (χ1) is 28.4. The van der Waals surface area contributed by atoms with Gasteiger partial charge < -0.3 is 34.2 Å². The highest BCUT2D eigenvalue weighted by Gasteiger charge is 2.47. The summed E-state index contributed by atoms with van der Waals surface area (Å²) in [7, 11) is 5.11.